The van der Waals surface area contributed by atoms with Gasteiger partial charge in [0, 0.05) is 30.9 Å². The normalized spacial score (nSPS) is 22.5. The van der Waals surface area contributed by atoms with E-state index in [9.17, 15) is 4.79 Å². The summed E-state index contributed by atoms with van der Waals surface area (Å²) in [5, 5.41) is 8.88. The van der Waals surface area contributed by atoms with Crippen LogP contribution in [-0.2, 0) is 11.2 Å². The number of likely N-dealkylation sites (N-methyl/N-ethyl adjacent to an activating group) is 1. The Morgan fingerprint density at radius 2 is 2.16 bits per heavy atom. The van der Waals surface area contributed by atoms with Crippen molar-refractivity contribution in [2.24, 2.45) is 5.92 Å². The minimum Gasteiger partial charge on any atom is -0.342 e. The molecule has 0 N–H and O–H groups in total. The summed E-state index contributed by atoms with van der Waals surface area (Å²) in [5.74, 6) is 0.287. The third-order valence-corrected chi connectivity index (χ3v) is 3.88. The molecule has 2 rings (SSSR count). The van der Waals surface area contributed by atoms with Gasteiger partial charge in [-0.2, -0.15) is 5.26 Å². The first kappa shape index (κ1) is 13.5. The molecule has 1 aliphatic rings. The van der Waals surface area contributed by atoms with Crippen LogP contribution in [0.5, 0.6) is 0 Å². The third-order valence-electron chi connectivity index (χ3n) is 3.88. The summed E-state index contributed by atoms with van der Waals surface area (Å²) in [5.41, 5.74) is 0.810. The van der Waals surface area contributed by atoms with E-state index in [-0.39, 0.29) is 17.9 Å². The summed E-state index contributed by atoms with van der Waals surface area (Å²) in [6.45, 7) is 0. The first-order chi connectivity index (χ1) is 9.20. The van der Waals surface area contributed by atoms with Crippen LogP contribution in [0.1, 0.15) is 31.4 Å². The van der Waals surface area contributed by atoms with Gasteiger partial charge in [-0.25, -0.2) is 0 Å². The van der Waals surface area contributed by atoms with Crippen molar-refractivity contribution < 1.29 is 4.79 Å². The van der Waals surface area contributed by atoms with Crippen LogP contribution < -0.4 is 0 Å². The van der Waals surface area contributed by atoms with E-state index in [1.54, 1.807) is 6.20 Å². The Bertz CT molecular complexity index is 458. The molecule has 0 unspecified atom stereocenters. The van der Waals surface area contributed by atoms with Gasteiger partial charge in [0.15, 0.2) is 0 Å². The fourth-order valence-corrected chi connectivity index (χ4v) is 2.58. The van der Waals surface area contributed by atoms with Crippen molar-refractivity contribution in [1.29, 1.82) is 5.26 Å². The molecule has 4 heteroatoms. The van der Waals surface area contributed by atoms with Crippen molar-refractivity contribution in [2.75, 3.05) is 7.05 Å². The maximum absolute atomic E-state index is 12.2. The summed E-state index contributed by atoms with van der Waals surface area (Å²) in [7, 11) is 1.86. The zero-order valence-electron chi connectivity index (χ0n) is 11.2. The number of amides is 1. The van der Waals surface area contributed by atoms with Gasteiger partial charge >= 0.3 is 0 Å². The Labute approximate surface area is 114 Å². The second-order valence-electron chi connectivity index (χ2n) is 5.14. The van der Waals surface area contributed by atoms with Crippen LogP contribution in [0.15, 0.2) is 24.4 Å². The van der Waals surface area contributed by atoms with Crippen LogP contribution in [0, 0.1) is 17.2 Å². The minimum atomic E-state index is 0.110. The Morgan fingerprint density at radius 1 is 1.42 bits per heavy atom. The van der Waals surface area contributed by atoms with Gasteiger partial charge in [-0.1, -0.05) is 6.07 Å². The number of pyridine rings is 1. The smallest absolute Gasteiger partial charge is 0.228 e. The van der Waals surface area contributed by atoms with Crippen molar-refractivity contribution in [3.8, 4) is 6.07 Å². The topological polar surface area (TPSA) is 57.0 Å². The molecule has 1 aromatic heterocycles. The summed E-state index contributed by atoms with van der Waals surface area (Å²) < 4.78 is 0. The number of hydrogen-bond donors (Lipinski definition) is 0. The SMILES string of the molecule is CN(C(=O)Cc1ccccn1)C1CCC(C#N)CC1. The van der Waals surface area contributed by atoms with Gasteiger partial charge in [0.05, 0.1) is 12.5 Å². The lowest BCUT2D eigenvalue weighted by Gasteiger charge is -2.32. The monoisotopic (exact) mass is 257 g/mol. The molecule has 0 bridgehead atoms. The van der Waals surface area contributed by atoms with Crippen LogP contribution in [-0.4, -0.2) is 28.9 Å². The maximum atomic E-state index is 12.2. The lowest BCUT2D eigenvalue weighted by Crippen LogP contribution is -2.40. The average Bonchev–Trinajstić information content (AvgIpc) is 2.47. The predicted octanol–water partition coefficient (Wildman–Crippen LogP) is 2.16. The van der Waals surface area contributed by atoms with E-state index in [4.69, 9.17) is 5.26 Å². The van der Waals surface area contributed by atoms with E-state index >= 15 is 0 Å². The van der Waals surface area contributed by atoms with E-state index in [0.717, 1.165) is 31.4 Å². The molecule has 1 saturated carbocycles. The fourth-order valence-electron chi connectivity index (χ4n) is 2.58. The first-order valence-electron chi connectivity index (χ1n) is 6.76. The molecule has 19 heavy (non-hydrogen) atoms. The summed E-state index contributed by atoms with van der Waals surface area (Å²) in [6.07, 6.45) is 5.74. The molecule has 1 aliphatic carbocycles. The van der Waals surface area contributed by atoms with Gasteiger partial charge in [0.1, 0.15) is 0 Å². The van der Waals surface area contributed by atoms with Crippen molar-refractivity contribution in [1.82, 2.24) is 9.88 Å². The molecule has 0 saturated heterocycles. The number of hydrogen-bond acceptors (Lipinski definition) is 3. The van der Waals surface area contributed by atoms with E-state index in [0.29, 0.717) is 6.42 Å². The van der Waals surface area contributed by atoms with Crippen LogP contribution in [0.25, 0.3) is 0 Å². The number of rotatable bonds is 3. The Morgan fingerprint density at radius 3 is 2.74 bits per heavy atom. The van der Waals surface area contributed by atoms with E-state index in [1.807, 2.05) is 30.1 Å². The molecule has 0 radical (unpaired) electrons. The quantitative estimate of drug-likeness (QED) is 0.833. The average molecular weight is 257 g/mol. The highest BCUT2D eigenvalue weighted by atomic mass is 16.2. The summed E-state index contributed by atoms with van der Waals surface area (Å²) >= 11 is 0. The standard InChI is InChI=1S/C15H19N3O/c1-18(14-7-5-12(11-16)6-8-14)15(19)10-13-4-2-3-9-17-13/h2-4,9,12,14H,5-8,10H2,1H3. The predicted molar refractivity (Wildman–Crippen MR) is 72.1 cm³/mol. The fraction of sp³-hybridized carbons (Fsp3) is 0.533. The zero-order chi connectivity index (χ0) is 13.7. The van der Waals surface area contributed by atoms with Gasteiger partial charge in [-0.05, 0) is 37.8 Å². The van der Waals surface area contributed by atoms with E-state index in [2.05, 4.69) is 11.1 Å². The number of nitrogens with zero attached hydrogens (tertiary/aromatic N) is 3. The number of carbonyl (C=O) groups excluding carboxylic acids is 1. The van der Waals surface area contributed by atoms with Crippen molar-refractivity contribution in [2.45, 2.75) is 38.1 Å². The van der Waals surface area contributed by atoms with Crippen molar-refractivity contribution >= 4 is 5.91 Å². The highest BCUT2D eigenvalue weighted by Gasteiger charge is 2.26. The Kier molecular flexibility index (Phi) is 4.51. The van der Waals surface area contributed by atoms with E-state index in [1.165, 1.54) is 0 Å². The molecule has 1 heterocycles. The zero-order valence-corrected chi connectivity index (χ0v) is 11.2. The second-order valence-corrected chi connectivity index (χ2v) is 5.14. The van der Waals surface area contributed by atoms with Gasteiger partial charge in [-0.3, -0.25) is 9.78 Å². The molecule has 100 valence electrons. The maximum Gasteiger partial charge on any atom is 0.228 e. The van der Waals surface area contributed by atoms with Gasteiger partial charge < -0.3 is 4.90 Å². The summed E-state index contributed by atoms with van der Waals surface area (Å²) in [4.78, 5) is 18.2. The number of nitriles is 1. The highest BCUT2D eigenvalue weighted by molar-refractivity contribution is 5.78. The lowest BCUT2D eigenvalue weighted by molar-refractivity contribution is -0.132. The minimum absolute atomic E-state index is 0.110. The Hall–Kier alpha value is -1.89. The molecule has 4 nitrogen and oxygen atoms in total. The molecule has 1 aromatic rings. The molecule has 0 aromatic carbocycles. The molecule has 1 amide bonds. The van der Waals surface area contributed by atoms with Crippen LogP contribution in [0.2, 0.25) is 0 Å². The van der Waals surface area contributed by atoms with Gasteiger partial charge in [0.25, 0.3) is 0 Å². The van der Waals surface area contributed by atoms with Gasteiger partial charge in [0.2, 0.25) is 5.91 Å². The van der Waals surface area contributed by atoms with Crippen molar-refractivity contribution in [3.63, 3.8) is 0 Å². The molecular formula is C15H19N3O. The highest BCUT2D eigenvalue weighted by Crippen LogP contribution is 2.26. The van der Waals surface area contributed by atoms with Crippen LogP contribution >= 0.6 is 0 Å². The summed E-state index contributed by atoms with van der Waals surface area (Å²) in [6, 6.07) is 8.22. The lowest BCUT2D eigenvalue weighted by atomic mass is 9.86. The molecule has 0 atom stereocenters. The third kappa shape index (κ3) is 3.54. The van der Waals surface area contributed by atoms with Crippen molar-refractivity contribution in [3.05, 3.63) is 30.1 Å². The van der Waals surface area contributed by atoms with Gasteiger partial charge in [-0.15, -0.1) is 0 Å². The Balaban J connectivity index is 1.88. The molecular weight excluding hydrogens is 238 g/mol. The second kappa shape index (κ2) is 6.33. The van der Waals surface area contributed by atoms with Crippen LogP contribution in [0.4, 0.5) is 0 Å². The largest absolute Gasteiger partial charge is 0.342 e. The number of carbonyl (C=O) groups is 1. The number of aromatic nitrogens is 1. The molecule has 1 fully saturated rings. The first-order valence-corrected chi connectivity index (χ1v) is 6.76. The molecule has 0 spiro atoms. The van der Waals surface area contributed by atoms with Crippen LogP contribution in [0.3, 0.4) is 0 Å². The van der Waals surface area contributed by atoms with E-state index < -0.39 is 0 Å². The molecule has 0 aliphatic heterocycles.